The van der Waals surface area contributed by atoms with Crippen LogP contribution in [0.3, 0.4) is 0 Å². The predicted molar refractivity (Wildman–Crippen MR) is 54.5 cm³/mol. The molecule has 0 bridgehead atoms. The average Bonchev–Trinajstić information content (AvgIpc) is 2.32. The zero-order valence-corrected chi connectivity index (χ0v) is 8.71. The molecule has 68 valence electrons. The molecule has 0 saturated carbocycles. The van der Waals surface area contributed by atoms with Crippen LogP contribution < -0.4 is 10.6 Å². The molecule has 1 aliphatic rings. The molecule has 2 rings (SSSR count). The highest BCUT2D eigenvalue weighted by Crippen LogP contribution is 2.34. The maximum Gasteiger partial charge on any atom is 0.248 e. The minimum absolute atomic E-state index is 0.0481. The van der Waals surface area contributed by atoms with Crippen LogP contribution >= 0.6 is 15.9 Å². The zero-order valence-electron chi connectivity index (χ0n) is 7.12. The molecule has 4 heteroatoms. The van der Waals surface area contributed by atoms with Crippen LogP contribution in [0.2, 0.25) is 0 Å². The van der Waals surface area contributed by atoms with Crippen molar-refractivity contribution in [3.63, 3.8) is 0 Å². The first-order valence-electron chi connectivity index (χ1n) is 3.94. The molecule has 1 aromatic carbocycles. The number of nitrogens with zero attached hydrogens (tertiary/aromatic N) is 1. The number of amides is 1. The summed E-state index contributed by atoms with van der Waals surface area (Å²) in [5, 5.41) is 0. The lowest BCUT2D eigenvalue weighted by molar-refractivity contribution is -0.118. The van der Waals surface area contributed by atoms with Crippen molar-refractivity contribution in [2.24, 2.45) is 5.73 Å². The first-order valence-corrected chi connectivity index (χ1v) is 4.73. The van der Waals surface area contributed by atoms with Gasteiger partial charge in [0.25, 0.3) is 0 Å². The summed E-state index contributed by atoms with van der Waals surface area (Å²) in [4.78, 5) is 13.0. The van der Waals surface area contributed by atoms with Crippen molar-refractivity contribution in [1.82, 2.24) is 0 Å². The summed E-state index contributed by atoms with van der Waals surface area (Å²) in [7, 11) is 1.74. The molecule has 3 nitrogen and oxygen atoms in total. The lowest BCUT2D eigenvalue weighted by atomic mass is 10.1. The average molecular weight is 241 g/mol. The van der Waals surface area contributed by atoms with E-state index in [1.165, 1.54) is 0 Å². The van der Waals surface area contributed by atoms with E-state index in [4.69, 9.17) is 5.73 Å². The highest BCUT2D eigenvalue weighted by molar-refractivity contribution is 9.10. The maximum absolute atomic E-state index is 11.5. The van der Waals surface area contributed by atoms with E-state index in [1.807, 2.05) is 18.2 Å². The summed E-state index contributed by atoms with van der Waals surface area (Å²) >= 11 is 3.35. The number of halogens is 1. The summed E-state index contributed by atoms with van der Waals surface area (Å²) < 4.78 is 0.949. The number of hydrogen-bond acceptors (Lipinski definition) is 2. The third-order valence-corrected chi connectivity index (χ3v) is 2.78. The number of hydrogen-bond donors (Lipinski definition) is 1. The van der Waals surface area contributed by atoms with Crippen LogP contribution in [0.25, 0.3) is 0 Å². The van der Waals surface area contributed by atoms with Crippen LogP contribution in [0.4, 0.5) is 5.69 Å². The van der Waals surface area contributed by atoms with Crippen molar-refractivity contribution in [2.75, 3.05) is 11.9 Å². The molecule has 1 amide bonds. The van der Waals surface area contributed by atoms with Gasteiger partial charge in [-0.05, 0) is 18.2 Å². The van der Waals surface area contributed by atoms with E-state index >= 15 is 0 Å². The summed E-state index contributed by atoms with van der Waals surface area (Å²) in [5.74, 6) is -0.0481. The number of benzene rings is 1. The van der Waals surface area contributed by atoms with Crippen molar-refractivity contribution in [2.45, 2.75) is 6.04 Å². The van der Waals surface area contributed by atoms with E-state index in [0.29, 0.717) is 0 Å². The van der Waals surface area contributed by atoms with Gasteiger partial charge < -0.3 is 10.6 Å². The predicted octanol–water partition coefficient (Wildman–Crippen LogP) is 1.43. The molecule has 0 fully saturated rings. The number of carbonyl (C=O) groups excluding carboxylic acids is 1. The zero-order chi connectivity index (χ0) is 9.59. The second-order valence-electron chi connectivity index (χ2n) is 3.08. The summed E-state index contributed by atoms with van der Waals surface area (Å²) in [6.07, 6.45) is 0. The second-order valence-corrected chi connectivity index (χ2v) is 3.99. The standard InChI is InChI=1S/C9H9BrN2O/c1-12-7-3-2-5(10)4-6(7)8(11)9(12)13/h2-4,8H,11H2,1H3. The third kappa shape index (κ3) is 1.17. The number of fused-ring (bicyclic) bond motifs is 1. The fraction of sp³-hybridized carbons (Fsp3) is 0.222. The molecular formula is C9H9BrN2O. The molecule has 0 spiro atoms. The molecule has 1 atom stereocenters. The van der Waals surface area contributed by atoms with Gasteiger partial charge in [0, 0.05) is 22.8 Å². The molecule has 13 heavy (non-hydrogen) atoms. The van der Waals surface area contributed by atoms with Crippen LogP contribution in [0, 0.1) is 0 Å². The Hall–Kier alpha value is -0.870. The van der Waals surface area contributed by atoms with E-state index in [-0.39, 0.29) is 5.91 Å². The summed E-state index contributed by atoms with van der Waals surface area (Å²) in [6.45, 7) is 0. The van der Waals surface area contributed by atoms with Crippen molar-refractivity contribution >= 4 is 27.5 Å². The Kier molecular flexibility index (Phi) is 1.89. The number of carbonyl (C=O) groups is 1. The first kappa shape index (κ1) is 8.72. The number of anilines is 1. The van der Waals surface area contributed by atoms with Gasteiger partial charge in [0.15, 0.2) is 0 Å². The summed E-state index contributed by atoms with van der Waals surface area (Å²) in [6, 6.07) is 5.18. The normalized spacial score (nSPS) is 20.7. The Morgan fingerprint density at radius 1 is 1.54 bits per heavy atom. The number of rotatable bonds is 0. The van der Waals surface area contributed by atoms with E-state index in [2.05, 4.69) is 15.9 Å². The third-order valence-electron chi connectivity index (χ3n) is 2.28. The van der Waals surface area contributed by atoms with Gasteiger partial charge in [-0.1, -0.05) is 15.9 Å². The lowest BCUT2D eigenvalue weighted by Gasteiger charge is -2.08. The Morgan fingerprint density at radius 2 is 2.23 bits per heavy atom. The molecular weight excluding hydrogens is 232 g/mol. The fourth-order valence-electron chi connectivity index (χ4n) is 1.54. The smallest absolute Gasteiger partial charge is 0.248 e. The number of nitrogens with two attached hydrogens (primary N) is 1. The topological polar surface area (TPSA) is 46.3 Å². The molecule has 0 saturated heterocycles. The Morgan fingerprint density at radius 3 is 2.92 bits per heavy atom. The Balaban J connectivity index is 2.60. The van der Waals surface area contributed by atoms with Crippen LogP contribution in [0.5, 0.6) is 0 Å². The van der Waals surface area contributed by atoms with Crippen LogP contribution in [0.1, 0.15) is 11.6 Å². The lowest BCUT2D eigenvalue weighted by Crippen LogP contribution is -2.27. The van der Waals surface area contributed by atoms with E-state index in [1.54, 1.807) is 11.9 Å². The van der Waals surface area contributed by atoms with Crippen molar-refractivity contribution in [3.8, 4) is 0 Å². The Bertz CT molecular complexity index is 378. The minimum atomic E-state index is -0.502. The minimum Gasteiger partial charge on any atom is -0.316 e. The van der Waals surface area contributed by atoms with Crippen LogP contribution in [0.15, 0.2) is 22.7 Å². The van der Waals surface area contributed by atoms with Crippen molar-refractivity contribution < 1.29 is 4.79 Å². The molecule has 0 radical (unpaired) electrons. The second kappa shape index (κ2) is 2.82. The van der Waals surface area contributed by atoms with Crippen molar-refractivity contribution in [3.05, 3.63) is 28.2 Å². The number of likely N-dealkylation sites (N-methyl/N-ethyl adjacent to an activating group) is 1. The summed E-state index contributed by atoms with van der Waals surface area (Å²) in [5.41, 5.74) is 7.53. The Labute approximate surface area is 84.6 Å². The maximum atomic E-state index is 11.5. The molecule has 0 aromatic heterocycles. The van der Waals surface area contributed by atoms with Gasteiger partial charge in [0.1, 0.15) is 6.04 Å². The molecule has 1 heterocycles. The molecule has 2 N–H and O–H groups in total. The van der Waals surface area contributed by atoms with E-state index in [9.17, 15) is 4.79 Å². The first-order chi connectivity index (χ1) is 6.11. The van der Waals surface area contributed by atoms with Gasteiger partial charge in [-0.25, -0.2) is 0 Å². The SMILES string of the molecule is CN1C(=O)C(N)c2cc(Br)ccc21. The monoisotopic (exact) mass is 240 g/mol. The van der Waals surface area contributed by atoms with Crippen molar-refractivity contribution in [1.29, 1.82) is 0 Å². The van der Waals surface area contributed by atoms with Gasteiger partial charge in [-0.3, -0.25) is 4.79 Å². The van der Waals surface area contributed by atoms with Crippen LogP contribution in [-0.4, -0.2) is 13.0 Å². The molecule has 0 aliphatic carbocycles. The highest BCUT2D eigenvalue weighted by Gasteiger charge is 2.31. The molecule has 1 aliphatic heterocycles. The fourth-order valence-corrected chi connectivity index (χ4v) is 1.92. The van der Waals surface area contributed by atoms with Gasteiger partial charge in [-0.2, -0.15) is 0 Å². The van der Waals surface area contributed by atoms with Gasteiger partial charge in [0.2, 0.25) is 5.91 Å². The van der Waals surface area contributed by atoms with Gasteiger partial charge in [-0.15, -0.1) is 0 Å². The van der Waals surface area contributed by atoms with Gasteiger partial charge in [0.05, 0.1) is 0 Å². The largest absolute Gasteiger partial charge is 0.316 e. The van der Waals surface area contributed by atoms with Gasteiger partial charge >= 0.3 is 0 Å². The quantitative estimate of drug-likeness (QED) is 0.746. The molecule has 1 unspecified atom stereocenters. The van der Waals surface area contributed by atoms with E-state index in [0.717, 1.165) is 15.7 Å². The van der Waals surface area contributed by atoms with Crippen LogP contribution in [-0.2, 0) is 4.79 Å². The highest BCUT2D eigenvalue weighted by atomic mass is 79.9. The van der Waals surface area contributed by atoms with E-state index < -0.39 is 6.04 Å². The molecule has 1 aromatic rings.